The third-order valence-corrected chi connectivity index (χ3v) is 7.71. The van der Waals surface area contributed by atoms with E-state index in [1.807, 2.05) is 75.4 Å². The lowest BCUT2D eigenvalue weighted by Gasteiger charge is -2.25. The summed E-state index contributed by atoms with van der Waals surface area (Å²) in [5, 5.41) is 17.0. The molecule has 194 valence electrons. The van der Waals surface area contributed by atoms with Crippen molar-refractivity contribution in [2.45, 2.75) is 65.1 Å². The van der Waals surface area contributed by atoms with Crippen molar-refractivity contribution in [3.8, 4) is 0 Å². The maximum atomic E-state index is 12.8. The SMILES string of the molecule is CCCN(CCC)S(=O)(=O)CCC(=O)N[C@@H](Cc1ccc(C)cc1)[C@H](O)CNCc1ccccc1. The normalized spacial score (nSPS) is 13.5. The highest BCUT2D eigenvalue weighted by Gasteiger charge is 2.25. The summed E-state index contributed by atoms with van der Waals surface area (Å²) in [7, 11) is -3.51. The smallest absolute Gasteiger partial charge is 0.221 e. The van der Waals surface area contributed by atoms with Crippen LogP contribution in [0.4, 0.5) is 0 Å². The van der Waals surface area contributed by atoms with E-state index in [0.29, 0.717) is 32.6 Å². The van der Waals surface area contributed by atoms with E-state index < -0.39 is 22.2 Å². The van der Waals surface area contributed by atoms with Gasteiger partial charge in [-0.15, -0.1) is 0 Å². The molecule has 0 aliphatic rings. The Balaban J connectivity index is 2.00. The molecule has 3 N–H and O–H groups in total. The standard InChI is InChI=1S/C27H41N3O4S/c1-4-16-30(17-5-2)35(33,34)18-15-27(32)29-25(19-23-13-11-22(3)12-14-23)26(31)21-28-20-24-9-7-6-8-10-24/h6-14,25-26,28,31H,4-5,15-21H2,1-3H3,(H,29,32)/t25-,26+/m0/s1. The topological polar surface area (TPSA) is 98.7 Å². The highest BCUT2D eigenvalue weighted by molar-refractivity contribution is 7.89. The van der Waals surface area contributed by atoms with Crippen LogP contribution in [-0.4, -0.2) is 61.3 Å². The molecule has 0 aliphatic heterocycles. The number of aliphatic hydroxyl groups excluding tert-OH is 1. The van der Waals surface area contributed by atoms with E-state index in [9.17, 15) is 18.3 Å². The molecule has 35 heavy (non-hydrogen) atoms. The molecule has 0 aromatic heterocycles. The van der Waals surface area contributed by atoms with Crippen LogP contribution in [-0.2, 0) is 27.8 Å². The molecule has 0 spiro atoms. The van der Waals surface area contributed by atoms with Gasteiger partial charge < -0.3 is 15.7 Å². The minimum atomic E-state index is -3.51. The van der Waals surface area contributed by atoms with Gasteiger partial charge in [0.15, 0.2) is 0 Å². The number of sulfonamides is 1. The molecule has 7 nitrogen and oxygen atoms in total. The molecule has 0 bridgehead atoms. The molecule has 2 aromatic carbocycles. The van der Waals surface area contributed by atoms with Gasteiger partial charge in [0, 0.05) is 32.6 Å². The first-order chi connectivity index (χ1) is 16.7. The number of hydrogen-bond donors (Lipinski definition) is 3. The number of amides is 1. The average molecular weight is 504 g/mol. The molecule has 2 aromatic rings. The zero-order valence-electron chi connectivity index (χ0n) is 21.2. The minimum Gasteiger partial charge on any atom is -0.390 e. The monoisotopic (exact) mass is 503 g/mol. The van der Waals surface area contributed by atoms with E-state index in [-0.39, 0.29) is 18.1 Å². The first kappa shape index (κ1) is 29.0. The van der Waals surface area contributed by atoms with Crippen LogP contribution in [0.5, 0.6) is 0 Å². The number of carbonyl (C=O) groups is 1. The lowest BCUT2D eigenvalue weighted by Crippen LogP contribution is -2.49. The van der Waals surface area contributed by atoms with E-state index in [4.69, 9.17) is 0 Å². The van der Waals surface area contributed by atoms with Crippen molar-refractivity contribution in [1.29, 1.82) is 0 Å². The van der Waals surface area contributed by atoms with Crippen molar-refractivity contribution in [3.05, 3.63) is 71.3 Å². The number of aryl methyl sites for hydroxylation is 1. The fraction of sp³-hybridized carbons (Fsp3) is 0.519. The Morgan fingerprint density at radius 1 is 0.971 bits per heavy atom. The van der Waals surface area contributed by atoms with E-state index in [2.05, 4.69) is 10.6 Å². The van der Waals surface area contributed by atoms with E-state index >= 15 is 0 Å². The Labute approximate surface area is 211 Å². The van der Waals surface area contributed by atoms with Gasteiger partial charge in [0.05, 0.1) is 17.9 Å². The van der Waals surface area contributed by atoms with Crippen molar-refractivity contribution in [1.82, 2.24) is 14.9 Å². The predicted molar refractivity (Wildman–Crippen MR) is 142 cm³/mol. The van der Waals surface area contributed by atoms with Gasteiger partial charge in [-0.1, -0.05) is 74.0 Å². The van der Waals surface area contributed by atoms with Gasteiger partial charge in [-0.3, -0.25) is 4.79 Å². The summed E-state index contributed by atoms with van der Waals surface area (Å²) >= 11 is 0. The molecular weight excluding hydrogens is 462 g/mol. The van der Waals surface area contributed by atoms with Gasteiger partial charge in [-0.05, 0) is 37.3 Å². The highest BCUT2D eigenvalue weighted by Crippen LogP contribution is 2.11. The minimum absolute atomic E-state index is 0.138. The van der Waals surface area contributed by atoms with Gasteiger partial charge in [0.2, 0.25) is 15.9 Å². The van der Waals surface area contributed by atoms with Crippen LogP contribution in [0.2, 0.25) is 0 Å². The number of nitrogens with one attached hydrogen (secondary N) is 2. The molecule has 2 rings (SSSR count). The molecule has 1 amide bonds. The van der Waals surface area contributed by atoms with Crippen LogP contribution < -0.4 is 10.6 Å². The molecule has 0 saturated heterocycles. The van der Waals surface area contributed by atoms with Crippen LogP contribution in [0.15, 0.2) is 54.6 Å². The highest BCUT2D eigenvalue weighted by atomic mass is 32.2. The van der Waals surface area contributed by atoms with Crippen LogP contribution in [0, 0.1) is 6.92 Å². The fourth-order valence-corrected chi connectivity index (χ4v) is 5.51. The number of benzene rings is 2. The molecule has 0 heterocycles. The first-order valence-corrected chi connectivity index (χ1v) is 14.1. The number of aliphatic hydroxyl groups is 1. The molecule has 0 radical (unpaired) electrons. The summed E-state index contributed by atoms with van der Waals surface area (Å²) in [5.41, 5.74) is 3.23. The van der Waals surface area contributed by atoms with Gasteiger partial charge in [0.25, 0.3) is 0 Å². The zero-order valence-corrected chi connectivity index (χ0v) is 22.1. The second-order valence-corrected chi connectivity index (χ2v) is 11.1. The maximum Gasteiger partial charge on any atom is 0.221 e. The number of hydrogen-bond acceptors (Lipinski definition) is 5. The van der Waals surface area contributed by atoms with E-state index in [1.54, 1.807) is 0 Å². The lowest BCUT2D eigenvalue weighted by atomic mass is 10.00. The Bertz CT molecular complexity index is 975. The van der Waals surface area contributed by atoms with Crippen molar-refractivity contribution in [3.63, 3.8) is 0 Å². The first-order valence-electron chi connectivity index (χ1n) is 12.5. The summed E-state index contributed by atoms with van der Waals surface area (Å²) in [6.07, 6.45) is 0.932. The van der Waals surface area contributed by atoms with Gasteiger partial charge in [-0.2, -0.15) is 0 Å². The van der Waals surface area contributed by atoms with Crippen LogP contribution in [0.3, 0.4) is 0 Å². The summed E-state index contributed by atoms with van der Waals surface area (Å²) in [5.74, 6) is -0.612. The summed E-state index contributed by atoms with van der Waals surface area (Å²) in [4.78, 5) is 12.8. The van der Waals surface area contributed by atoms with Crippen LogP contribution >= 0.6 is 0 Å². The van der Waals surface area contributed by atoms with Gasteiger partial charge >= 0.3 is 0 Å². The van der Waals surface area contributed by atoms with Crippen LogP contribution in [0.25, 0.3) is 0 Å². The number of rotatable bonds is 16. The van der Waals surface area contributed by atoms with Crippen molar-refractivity contribution in [2.75, 3.05) is 25.4 Å². The Hall–Kier alpha value is -2.26. The van der Waals surface area contributed by atoms with Crippen molar-refractivity contribution in [2.24, 2.45) is 0 Å². The second-order valence-electron chi connectivity index (χ2n) is 9.01. The Kier molecular flexibility index (Phi) is 12.4. The summed E-state index contributed by atoms with van der Waals surface area (Å²) < 4.78 is 26.9. The molecule has 0 unspecified atom stereocenters. The Morgan fingerprint density at radius 3 is 2.20 bits per heavy atom. The third kappa shape index (κ3) is 10.5. The van der Waals surface area contributed by atoms with E-state index in [0.717, 1.165) is 29.5 Å². The largest absolute Gasteiger partial charge is 0.390 e. The third-order valence-electron chi connectivity index (χ3n) is 5.84. The van der Waals surface area contributed by atoms with Gasteiger partial charge in [-0.25, -0.2) is 12.7 Å². The fourth-order valence-electron chi connectivity index (χ4n) is 3.88. The molecule has 0 saturated carbocycles. The van der Waals surface area contributed by atoms with E-state index in [1.165, 1.54) is 4.31 Å². The summed E-state index contributed by atoms with van der Waals surface area (Å²) in [6.45, 7) is 7.70. The van der Waals surface area contributed by atoms with Crippen LogP contribution in [0.1, 0.15) is 49.8 Å². The summed E-state index contributed by atoms with van der Waals surface area (Å²) in [6, 6.07) is 17.3. The molecule has 8 heteroatoms. The number of carbonyl (C=O) groups excluding carboxylic acids is 1. The molecule has 0 aliphatic carbocycles. The zero-order chi connectivity index (χ0) is 25.7. The predicted octanol–water partition coefficient (Wildman–Crippen LogP) is 3.01. The molecule has 0 fully saturated rings. The Morgan fingerprint density at radius 2 is 1.60 bits per heavy atom. The lowest BCUT2D eigenvalue weighted by molar-refractivity contribution is -0.122. The average Bonchev–Trinajstić information content (AvgIpc) is 2.84. The maximum absolute atomic E-state index is 12.8. The van der Waals surface area contributed by atoms with Gasteiger partial charge in [0.1, 0.15) is 0 Å². The second kappa shape index (κ2) is 15.0. The van der Waals surface area contributed by atoms with Crippen molar-refractivity contribution < 1.29 is 18.3 Å². The number of nitrogens with zero attached hydrogens (tertiary/aromatic N) is 1. The molecule has 2 atom stereocenters. The molecular formula is C27H41N3O4S. The van der Waals surface area contributed by atoms with Crippen molar-refractivity contribution >= 4 is 15.9 Å². The quantitative estimate of drug-likeness (QED) is 0.327.